The van der Waals surface area contributed by atoms with E-state index in [0.29, 0.717) is 6.61 Å². The highest BCUT2D eigenvalue weighted by Gasteiger charge is 2.33. The average molecular weight is 265 g/mol. The molecule has 19 heavy (non-hydrogen) atoms. The zero-order chi connectivity index (χ0) is 14.5. The number of nitrogens with zero attached hydrogens (tertiary/aromatic N) is 2. The van der Waals surface area contributed by atoms with Crippen LogP contribution in [0.1, 0.15) is 45.2 Å². The van der Waals surface area contributed by atoms with Crippen molar-refractivity contribution in [3.05, 3.63) is 24.0 Å². The van der Waals surface area contributed by atoms with Crippen molar-refractivity contribution in [2.45, 2.75) is 45.2 Å². The summed E-state index contributed by atoms with van der Waals surface area (Å²) >= 11 is 0. The lowest BCUT2D eigenvalue weighted by Gasteiger charge is -2.41. The van der Waals surface area contributed by atoms with Crippen molar-refractivity contribution in [2.75, 3.05) is 20.7 Å². The van der Waals surface area contributed by atoms with E-state index in [2.05, 4.69) is 44.8 Å². The molecule has 0 aliphatic rings. The molecule has 0 fully saturated rings. The molecule has 1 heterocycles. The van der Waals surface area contributed by atoms with E-state index in [9.17, 15) is 0 Å². The first-order chi connectivity index (χ1) is 8.95. The van der Waals surface area contributed by atoms with Gasteiger partial charge in [0.05, 0.1) is 12.8 Å². The van der Waals surface area contributed by atoms with E-state index in [4.69, 9.17) is 10.5 Å². The smallest absolute Gasteiger partial charge is 0.137 e. The van der Waals surface area contributed by atoms with E-state index >= 15 is 0 Å². The van der Waals surface area contributed by atoms with Gasteiger partial charge < -0.3 is 15.4 Å². The molecule has 0 saturated heterocycles. The highest BCUT2D eigenvalue weighted by Crippen LogP contribution is 2.31. The number of aromatic nitrogens is 1. The van der Waals surface area contributed by atoms with Gasteiger partial charge in [0.2, 0.25) is 0 Å². The minimum atomic E-state index is -0.0924. The molecule has 108 valence electrons. The minimum absolute atomic E-state index is 0.0922. The van der Waals surface area contributed by atoms with Crippen molar-refractivity contribution >= 4 is 0 Å². The van der Waals surface area contributed by atoms with Crippen LogP contribution in [-0.2, 0) is 0 Å². The SMILES string of the molecule is CCCOc1cncc(C(N)C(C)(CC)N(C)C)c1. The maximum absolute atomic E-state index is 6.45. The summed E-state index contributed by atoms with van der Waals surface area (Å²) in [7, 11) is 4.13. The largest absolute Gasteiger partial charge is 0.492 e. The minimum Gasteiger partial charge on any atom is -0.492 e. The van der Waals surface area contributed by atoms with Crippen LogP contribution in [0.2, 0.25) is 0 Å². The van der Waals surface area contributed by atoms with E-state index < -0.39 is 0 Å². The fourth-order valence-corrected chi connectivity index (χ4v) is 2.08. The van der Waals surface area contributed by atoms with Crippen LogP contribution < -0.4 is 10.5 Å². The fraction of sp³-hybridized carbons (Fsp3) is 0.667. The Morgan fingerprint density at radius 1 is 1.37 bits per heavy atom. The quantitative estimate of drug-likeness (QED) is 0.823. The molecule has 0 saturated carbocycles. The first kappa shape index (κ1) is 15.9. The van der Waals surface area contributed by atoms with Crippen LogP contribution in [0.4, 0.5) is 0 Å². The molecule has 2 N–H and O–H groups in total. The number of nitrogens with two attached hydrogens (primary N) is 1. The maximum atomic E-state index is 6.45. The van der Waals surface area contributed by atoms with Crippen molar-refractivity contribution in [3.8, 4) is 5.75 Å². The molecule has 0 amide bonds. The van der Waals surface area contributed by atoms with Gasteiger partial charge in [0, 0.05) is 17.8 Å². The van der Waals surface area contributed by atoms with Crippen LogP contribution in [0.3, 0.4) is 0 Å². The van der Waals surface area contributed by atoms with Crippen molar-refractivity contribution in [1.82, 2.24) is 9.88 Å². The van der Waals surface area contributed by atoms with Crippen molar-refractivity contribution in [1.29, 1.82) is 0 Å². The molecule has 2 atom stereocenters. The van der Waals surface area contributed by atoms with E-state index in [-0.39, 0.29) is 11.6 Å². The molecule has 1 aromatic rings. The number of pyridine rings is 1. The zero-order valence-electron chi connectivity index (χ0n) is 12.8. The molecule has 0 aliphatic heterocycles. The monoisotopic (exact) mass is 265 g/mol. The lowest BCUT2D eigenvalue weighted by molar-refractivity contribution is 0.131. The zero-order valence-corrected chi connectivity index (χ0v) is 12.8. The Morgan fingerprint density at radius 3 is 2.58 bits per heavy atom. The molecule has 2 unspecified atom stereocenters. The van der Waals surface area contributed by atoms with Crippen molar-refractivity contribution in [2.24, 2.45) is 5.73 Å². The maximum Gasteiger partial charge on any atom is 0.137 e. The summed E-state index contributed by atoms with van der Waals surface area (Å²) in [5.74, 6) is 0.798. The highest BCUT2D eigenvalue weighted by atomic mass is 16.5. The Bertz CT molecular complexity index is 395. The van der Waals surface area contributed by atoms with E-state index in [0.717, 1.165) is 24.2 Å². The molecular weight excluding hydrogens is 238 g/mol. The van der Waals surface area contributed by atoms with Gasteiger partial charge in [0.15, 0.2) is 0 Å². The Labute approximate surface area is 117 Å². The molecular formula is C15H27N3O. The van der Waals surface area contributed by atoms with Gasteiger partial charge in [-0.3, -0.25) is 4.98 Å². The molecule has 0 bridgehead atoms. The number of rotatable bonds is 7. The Morgan fingerprint density at radius 2 is 2.05 bits per heavy atom. The lowest BCUT2D eigenvalue weighted by Crippen LogP contribution is -2.49. The van der Waals surface area contributed by atoms with Gasteiger partial charge in [0.25, 0.3) is 0 Å². The average Bonchev–Trinajstić information content (AvgIpc) is 2.43. The van der Waals surface area contributed by atoms with Crippen LogP contribution in [0, 0.1) is 0 Å². The number of ether oxygens (including phenoxy) is 1. The standard InChI is InChI=1S/C15H27N3O/c1-6-8-19-13-9-12(10-17-11-13)14(16)15(3,7-2)18(4)5/h9-11,14H,6-8,16H2,1-5H3. The van der Waals surface area contributed by atoms with Crippen LogP contribution in [0.15, 0.2) is 18.5 Å². The highest BCUT2D eigenvalue weighted by molar-refractivity contribution is 5.28. The third kappa shape index (κ3) is 3.67. The second-order valence-corrected chi connectivity index (χ2v) is 5.39. The summed E-state index contributed by atoms with van der Waals surface area (Å²) in [6, 6.07) is 1.91. The number of likely N-dealkylation sites (N-methyl/N-ethyl adjacent to an activating group) is 1. The predicted octanol–water partition coefficient (Wildman–Crippen LogP) is 2.60. The Hall–Kier alpha value is -1.13. The topological polar surface area (TPSA) is 51.4 Å². The summed E-state index contributed by atoms with van der Waals surface area (Å²) in [5.41, 5.74) is 7.37. The molecule has 0 aromatic carbocycles. The molecule has 0 spiro atoms. The van der Waals surface area contributed by atoms with Crippen LogP contribution >= 0.6 is 0 Å². The molecule has 4 nitrogen and oxygen atoms in total. The second kappa shape index (κ2) is 6.87. The third-order valence-electron chi connectivity index (χ3n) is 3.97. The number of hydrogen-bond acceptors (Lipinski definition) is 4. The van der Waals surface area contributed by atoms with E-state index in [1.54, 1.807) is 6.20 Å². The van der Waals surface area contributed by atoms with Crippen LogP contribution in [-0.4, -0.2) is 36.1 Å². The van der Waals surface area contributed by atoms with Crippen LogP contribution in [0.25, 0.3) is 0 Å². The molecule has 4 heteroatoms. The lowest BCUT2D eigenvalue weighted by atomic mass is 9.85. The van der Waals surface area contributed by atoms with Crippen molar-refractivity contribution < 1.29 is 4.74 Å². The predicted molar refractivity (Wildman–Crippen MR) is 79.3 cm³/mol. The van der Waals surface area contributed by atoms with E-state index in [1.165, 1.54) is 0 Å². The first-order valence-corrected chi connectivity index (χ1v) is 6.96. The molecule has 1 aromatic heterocycles. The third-order valence-corrected chi connectivity index (χ3v) is 3.97. The fourth-order valence-electron chi connectivity index (χ4n) is 2.08. The summed E-state index contributed by atoms with van der Waals surface area (Å²) in [6.07, 6.45) is 5.54. The summed E-state index contributed by atoms with van der Waals surface area (Å²) in [4.78, 5) is 6.42. The van der Waals surface area contributed by atoms with Gasteiger partial charge in [-0.15, -0.1) is 0 Å². The summed E-state index contributed by atoms with van der Waals surface area (Å²) in [5, 5.41) is 0. The summed E-state index contributed by atoms with van der Waals surface area (Å²) < 4.78 is 5.62. The van der Waals surface area contributed by atoms with Gasteiger partial charge in [-0.25, -0.2) is 0 Å². The molecule has 0 radical (unpaired) electrons. The summed E-state index contributed by atoms with van der Waals surface area (Å²) in [6.45, 7) is 7.13. The van der Waals surface area contributed by atoms with Crippen LogP contribution in [0.5, 0.6) is 5.75 Å². The first-order valence-electron chi connectivity index (χ1n) is 6.96. The molecule has 1 rings (SSSR count). The van der Waals surface area contributed by atoms with Gasteiger partial charge in [0.1, 0.15) is 5.75 Å². The second-order valence-electron chi connectivity index (χ2n) is 5.39. The number of hydrogen-bond donors (Lipinski definition) is 1. The Kier molecular flexibility index (Phi) is 5.76. The van der Waals surface area contributed by atoms with E-state index in [1.807, 2.05) is 12.3 Å². The van der Waals surface area contributed by atoms with Gasteiger partial charge in [-0.2, -0.15) is 0 Å². The molecule has 0 aliphatic carbocycles. The van der Waals surface area contributed by atoms with Gasteiger partial charge >= 0.3 is 0 Å². The Balaban J connectivity index is 2.95. The van der Waals surface area contributed by atoms with Crippen molar-refractivity contribution in [3.63, 3.8) is 0 Å². The van der Waals surface area contributed by atoms with Gasteiger partial charge in [-0.05, 0) is 45.5 Å². The normalized spacial score (nSPS) is 16.2. The van der Waals surface area contributed by atoms with Gasteiger partial charge in [-0.1, -0.05) is 13.8 Å².